The normalized spacial score (nSPS) is 10.7. The zero-order chi connectivity index (χ0) is 24.1. The Kier molecular flexibility index (Phi) is 7.07. The minimum absolute atomic E-state index is 0.0845. The number of ether oxygens (including phenoxy) is 2. The van der Waals surface area contributed by atoms with Crippen molar-refractivity contribution in [3.8, 4) is 11.5 Å². The lowest BCUT2D eigenvalue weighted by molar-refractivity contribution is -0.140. The summed E-state index contributed by atoms with van der Waals surface area (Å²) < 4.78 is 13.5. The Hall–Kier alpha value is -3.92. The minimum atomic E-state index is -0.404. The number of aryl methyl sites for hydroxylation is 1. The van der Waals surface area contributed by atoms with Crippen molar-refractivity contribution in [2.75, 3.05) is 19.0 Å². The third-order valence-electron chi connectivity index (χ3n) is 4.99. The molecule has 0 aliphatic heterocycles. The van der Waals surface area contributed by atoms with Crippen molar-refractivity contribution in [2.45, 2.75) is 6.42 Å². The van der Waals surface area contributed by atoms with Crippen molar-refractivity contribution in [1.29, 1.82) is 0 Å². The summed E-state index contributed by atoms with van der Waals surface area (Å²) >= 11 is 3.43. The Morgan fingerprint density at radius 2 is 1.82 bits per heavy atom. The van der Waals surface area contributed by atoms with Crippen molar-refractivity contribution in [3.05, 3.63) is 71.0 Å². The van der Waals surface area contributed by atoms with Crippen molar-refractivity contribution in [1.82, 2.24) is 19.9 Å². The average molecular weight is 524 g/mol. The van der Waals surface area contributed by atoms with Crippen molar-refractivity contribution < 1.29 is 19.1 Å². The molecule has 2 heterocycles. The number of rotatable bonds is 8. The second-order valence-electron chi connectivity index (χ2n) is 7.34. The Morgan fingerprint density at radius 1 is 1.06 bits per heavy atom. The van der Waals surface area contributed by atoms with Gasteiger partial charge in [0.15, 0.2) is 0 Å². The van der Waals surface area contributed by atoms with Gasteiger partial charge in [0.1, 0.15) is 17.2 Å². The molecule has 0 bridgehead atoms. The van der Waals surface area contributed by atoms with Gasteiger partial charge in [0.05, 0.1) is 24.6 Å². The number of fused-ring (bicyclic) bond motifs is 1. The highest BCUT2D eigenvalue weighted by molar-refractivity contribution is 9.10. The number of esters is 1. The summed E-state index contributed by atoms with van der Waals surface area (Å²) in [6.07, 6.45) is 1.57. The van der Waals surface area contributed by atoms with E-state index in [1.807, 2.05) is 54.1 Å². The van der Waals surface area contributed by atoms with Crippen molar-refractivity contribution in [2.24, 2.45) is 7.05 Å². The fraction of sp³-hybridized carbons (Fsp3) is 0.167. The summed E-state index contributed by atoms with van der Waals surface area (Å²) in [6, 6.07) is 16.6. The highest BCUT2D eigenvalue weighted by Crippen LogP contribution is 2.28. The number of hydrogen-bond donors (Lipinski definition) is 2. The van der Waals surface area contributed by atoms with Gasteiger partial charge in [-0.15, -0.1) is 0 Å². The van der Waals surface area contributed by atoms with E-state index in [0.717, 1.165) is 21.2 Å². The average Bonchev–Trinajstić information content (AvgIpc) is 3.14. The lowest BCUT2D eigenvalue weighted by Crippen LogP contribution is -2.27. The maximum atomic E-state index is 12.3. The Labute approximate surface area is 204 Å². The first-order valence-corrected chi connectivity index (χ1v) is 11.2. The predicted octanol–water partition coefficient (Wildman–Crippen LogP) is 4.56. The molecule has 0 fully saturated rings. The van der Waals surface area contributed by atoms with Crippen LogP contribution in [0.3, 0.4) is 0 Å². The van der Waals surface area contributed by atoms with E-state index in [1.54, 1.807) is 6.07 Å². The Bertz CT molecular complexity index is 1340. The highest BCUT2D eigenvalue weighted by atomic mass is 79.9. The number of halogens is 1. The molecule has 0 radical (unpaired) electrons. The summed E-state index contributed by atoms with van der Waals surface area (Å²) in [5.41, 5.74) is 2.80. The minimum Gasteiger partial charge on any atom is -0.469 e. The summed E-state index contributed by atoms with van der Waals surface area (Å²) in [7, 11) is 3.24. The van der Waals surface area contributed by atoms with E-state index in [0.29, 0.717) is 17.4 Å². The molecule has 9 nitrogen and oxygen atoms in total. The number of pyridine rings is 1. The molecule has 0 saturated heterocycles. The molecule has 2 aromatic heterocycles. The van der Waals surface area contributed by atoms with Gasteiger partial charge in [0, 0.05) is 42.1 Å². The SMILES string of the molecule is COC(=O)CCNC(=O)c1cc(Oc2ccc3c(c2)nc(Nc2ccc(Br)cc2)n3C)ccn1. The molecule has 1 amide bonds. The maximum Gasteiger partial charge on any atom is 0.307 e. The lowest BCUT2D eigenvalue weighted by atomic mass is 10.3. The molecule has 0 saturated carbocycles. The number of nitrogens with zero attached hydrogens (tertiary/aromatic N) is 3. The van der Waals surface area contributed by atoms with E-state index in [1.165, 1.54) is 19.4 Å². The van der Waals surface area contributed by atoms with Gasteiger partial charge >= 0.3 is 5.97 Å². The second-order valence-corrected chi connectivity index (χ2v) is 8.25. The molecule has 0 aliphatic rings. The van der Waals surface area contributed by atoms with Crippen LogP contribution in [-0.4, -0.2) is 40.1 Å². The molecule has 0 aliphatic carbocycles. The number of carbonyl (C=O) groups excluding carboxylic acids is 2. The summed E-state index contributed by atoms with van der Waals surface area (Å²) in [5, 5.41) is 5.95. The Balaban J connectivity index is 1.47. The molecular formula is C24H22BrN5O4. The number of imidazole rings is 1. The quantitative estimate of drug-likeness (QED) is 0.326. The number of amides is 1. The number of aromatic nitrogens is 3. The molecule has 4 aromatic rings. The molecule has 2 N–H and O–H groups in total. The van der Waals surface area contributed by atoms with Crippen LogP contribution in [0.15, 0.2) is 65.3 Å². The third kappa shape index (κ3) is 5.52. The molecule has 0 unspecified atom stereocenters. The molecule has 2 aromatic carbocycles. The first kappa shape index (κ1) is 23.2. The third-order valence-corrected chi connectivity index (χ3v) is 5.52. The monoisotopic (exact) mass is 523 g/mol. The highest BCUT2D eigenvalue weighted by Gasteiger charge is 2.12. The van der Waals surface area contributed by atoms with Crippen molar-refractivity contribution >= 4 is 50.5 Å². The van der Waals surface area contributed by atoms with Gasteiger partial charge in [-0.1, -0.05) is 15.9 Å². The largest absolute Gasteiger partial charge is 0.469 e. The number of methoxy groups -OCH3 is 1. The van der Waals surface area contributed by atoms with Gasteiger partial charge < -0.3 is 24.7 Å². The summed E-state index contributed by atoms with van der Waals surface area (Å²) in [6.45, 7) is 0.158. The van der Waals surface area contributed by atoms with E-state index >= 15 is 0 Å². The van der Waals surface area contributed by atoms with Crippen LogP contribution >= 0.6 is 15.9 Å². The van der Waals surface area contributed by atoms with Crippen LogP contribution in [0.1, 0.15) is 16.9 Å². The molecular weight excluding hydrogens is 502 g/mol. The van der Waals surface area contributed by atoms with E-state index in [-0.39, 0.29) is 18.7 Å². The topological polar surface area (TPSA) is 107 Å². The van der Waals surface area contributed by atoms with E-state index in [2.05, 4.69) is 41.3 Å². The summed E-state index contributed by atoms with van der Waals surface area (Å²) in [4.78, 5) is 32.2. The van der Waals surface area contributed by atoms with Crippen LogP contribution in [0, 0.1) is 0 Å². The van der Waals surface area contributed by atoms with Gasteiger partial charge in [-0.3, -0.25) is 14.6 Å². The van der Waals surface area contributed by atoms with Gasteiger partial charge in [-0.05, 0) is 42.5 Å². The van der Waals surface area contributed by atoms with Crippen LogP contribution in [0.25, 0.3) is 11.0 Å². The van der Waals surface area contributed by atoms with E-state index < -0.39 is 11.9 Å². The number of nitrogens with one attached hydrogen (secondary N) is 2. The van der Waals surface area contributed by atoms with Gasteiger partial charge in [0.2, 0.25) is 5.95 Å². The molecule has 10 heteroatoms. The van der Waals surface area contributed by atoms with Crippen LogP contribution in [0.2, 0.25) is 0 Å². The molecule has 0 spiro atoms. The zero-order valence-corrected chi connectivity index (χ0v) is 20.1. The van der Waals surface area contributed by atoms with Crippen LogP contribution in [0.5, 0.6) is 11.5 Å². The molecule has 34 heavy (non-hydrogen) atoms. The van der Waals surface area contributed by atoms with E-state index in [4.69, 9.17) is 4.74 Å². The van der Waals surface area contributed by atoms with Crippen molar-refractivity contribution in [3.63, 3.8) is 0 Å². The smallest absolute Gasteiger partial charge is 0.307 e. The fourth-order valence-electron chi connectivity index (χ4n) is 3.22. The van der Waals surface area contributed by atoms with Gasteiger partial charge in [0.25, 0.3) is 5.91 Å². The van der Waals surface area contributed by atoms with E-state index in [9.17, 15) is 9.59 Å². The second kappa shape index (κ2) is 10.3. The standard InChI is InChI=1S/C24H22BrN5O4/c1-30-21-8-7-17(13-19(21)29-24(30)28-16-5-3-15(25)4-6-16)34-18-9-11-26-20(14-18)23(32)27-12-10-22(31)33-2/h3-9,11,13-14H,10,12H2,1-2H3,(H,27,32)(H,28,29). The van der Waals surface area contributed by atoms with Gasteiger partial charge in [-0.2, -0.15) is 0 Å². The van der Waals surface area contributed by atoms with Crippen LogP contribution in [0.4, 0.5) is 11.6 Å². The molecule has 174 valence electrons. The van der Waals surface area contributed by atoms with Crippen LogP contribution in [-0.2, 0) is 16.6 Å². The molecule has 4 rings (SSSR count). The summed E-state index contributed by atoms with van der Waals surface area (Å²) in [5.74, 6) is 0.925. The first-order chi connectivity index (χ1) is 16.4. The zero-order valence-electron chi connectivity index (χ0n) is 18.5. The number of benzene rings is 2. The maximum absolute atomic E-state index is 12.3. The van der Waals surface area contributed by atoms with Crippen LogP contribution < -0.4 is 15.4 Å². The van der Waals surface area contributed by atoms with Gasteiger partial charge in [-0.25, -0.2) is 4.98 Å². The number of carbonyl (C=O) groups is 2. The molecule has 0 atom stereocenters. The first-order valence-electron chi connectivity index (χ1n) is 10.4. The number of anilines is 2. The lowest BCUT2D eigenvalue weighted by Gasteiger charge is -2.08. The fourth-order valence-corrected chi connectivity index (χ4v) is 3.49. The Morgan fingerprint density at radius 3 is 2.59 bits per heavy atom. The number of hydrogen-bond acceptors (Lipinski definition) is 7. The predicted molar refractivity (Wildman–Crippen MR) is 131 cm³/mol.